The topological polar surface area (TPSA) is 119 Å². The van der Waals surface area contributed by atoms with E-state index in [4.69, 9.17) is 4.74 Å². The number of piperidine rings is 1. The van der Waals surface area contributed by atoms with E-state index in [0.717, 1.165) is 5.56 Å². The SMILES string of the molecule is COc1nc(-c2cn(-c3ccc4c(c3)CN(C3CCC(=O)NC3=O)C4=O)nn2)ccc1F. The Morgan fingerprint density at radius 1 is 1.16 bits per heavy atom. The van der Waals surface area contributed by atoms with Crippen molar-refractivity contribution in [3.63, 3.8) is 0 Å². The molecule has 0 aliphatic carbocycles. The number of ether oxygens (including phenoxy) is 1. The summed E-state index contributed by atoms with van der Waals surface area (Å²) in [7, 11) is 1.33. The molecule has 0 radical (unpaired) electrons. The van der Waals surface area contributed by atoms with Crippen molar-refractivity contribution in [3.8, 4) is 23.0 Å². The molecule has 1 atom stereocenters. The van der Waals surface area contributed by atoms with E-state index in [1.54, 1.807) is 24.4 Å². The zero-order valence-electron chi connectivity index (χ0n) is 16.9. The van der Waals surface area contributed by atoms with E-state index in [1.807, 2.05) is 0 Å². The minimum atomic E-state index is -0.673. The van der Waals surface area contributed by atoms with Crippen LogP contribution in [0.1, 0.15) is 28.8 Å². The van der Waals surface area contributed by atoms with Gasteiger partial charge in [0.25, 0.3) is 11.8 Å². The number of nitrogens with zero attached hydrogens (tertiary/aromatic N) is 5. The second-order valence-corrected chi connectivity index (χ2v) is 7.48. The first-order valence-electron chi connectivity index (χ1n) is 9.86. The molecule has 10 nitrogen and oxygen atoms in total. The molecule has 4 heterocycles. The number of benzene rings is 1. The molecular formula is C21H17FN6O4. The molecule has 1 N–H and O–H groups in total. The molecule has 0 spiro atoms. The van der Waals surface area contributed by atoms with Crippen LogP contribution in [0.3, 0.4) is 0 Å². The highest BCUT2D eigenvalue weighted by Crippen LogP contribution is 2.29. The molecule has 1 unspecified atom stereocenters. The van der Waals surface area contributed by atoms with Crippen molar-refractivity contribution >= 4 is 17.7 Å². The summed E-state index contributed by atoms with van der Waals surface area (Å²) in [5.74, 6) is -1.74. The van der Waals surface area contributed by atoms with Gasteiger partial charge < -0.3 is 9.64 Å². The van der Waals surface area contributed by atoms with Crippen molar-refractivity contribution in [2.45, 2.75) is 25.4 Å². The van der Waals surface area contributed by atoms with Gasteiger partial charge >= 0.3 is 0 Å². The second-order valence-electron chi connectivity index (χ2n) is 7.48. The molecule has 2 aliphatic rings. The number of amides is 3. The van der Waals surface area contributed by atoms with E-state index in [9.17, 15) is 18.8 Å². The van der Waals surface area contributed by atoms with Crippen LogP contribution >= 0.6 is 0 Å². The Morgan fingerprint density at radius 3 is 2.78 bits per heavy atom. The van der Waals surface area contributed by atoms with Crippen molar-refractivity contribution in [3.05, 3.63) is 53.5 Å². The first kappa shape index (κ1) is 19.8. The standard InChI is InChI=1S/C21H17FN6O4/c1-32-20-14(22)4-5-15(23-20)16-10-28(26-25-16)12-2-3-13-11(8-12)9-27(21(13)31)17-6-7-18(29)24-19(17)30/h2-5,8,10,17H,6-7,9H2,1H3,(H,24,29,30). The first-order chi connectivity index (χ1) is 15.4. The van der Waals surface area contributed by atoms with Gasteiger partial charge in [0.15, 0.2) is 5.82 Å². The van der Waals surface area contributed by atoms with Crippen molar-refractivity contribution in [1.82, 2.24) is 30.2 Å². The smallest absolute Gasteiger partial charge is 0.255 e. The highest BCUT2D eigenvalue weighted by molar-refractivity contribution is 6.05. The zero-order chi connectivity index (χ0) is 22.4. The number of carbonyl (C=O) groups is 3. The van der Waals surface area contributed by atoms with Crippen LogP contribution < -0.4 is 10.1 Å². The van der Waals surface area contributed by atoms with Crippen LogP contribution in [0.25, 0.3) is 17.1 Å². The predicted molar refractivity (Wildman–Crippen MR) is 107 cm³/mol. The van der Waals surface area contributed by atoms with Gasteiger partial charge in [0, 0.05) is 18.5 Å². The fourth-order valence-electron chi connectivity index (χ4n) is 3.92. The number of fused-ring (bicyclic) bond motifs is 1. The Labute approximate surface area is 181 Å². The highest BCUT2D eigenvalue weighted by Gasteiger charge is 2.39. The fraction of sp³-hybridized carbons (Fsp3) is 0.238. The van der Waals surface area contributed by atoms with Crippen LogP contribution in [-0.4, -0.2) is 55.8 Å². The Bertz CT molecular complexity index is 1270. The van der Waals surface area contributed by atoms with Gasteiger partial charge in [-0.05, 0) is 42.3 Å². The van der Waals surface area contributed by atoms with Gasteiger partial charge in [-0.15, -0.1) is 5.10 Å². The summed E-state index contributed by atoms with van der Waals surface area (Å²) < 4.78 is 20.1. The van der Waals surface area contributed by atoms with Crippen LogP contribution in [0.5, 0.6) is 5.88 Å². The summed E-state index contributed by atoms with van der Waals surface area (Å²) in [4.78, 5) is 42.0. The molecule has 162 valence electrons. The number of hydrogen-bond donors (Lipinski definition) is 1. The summed E-state index contributed by atoms with van der Waals surface area (Å²) in [6, 6.07) is 7.25. The van der Waals surface area contributed by atoms with Crippen LogP contribution in [0.2, 0.25) is 0 Å². The molecule has 2 aliphatic heterocycles. The Kier molecular flexibility index (Phi) is 4.65. The third kappa shape index (κ3) is 3.27. The zero-order valence-corrected chi connectivity index (χ0v) is 16.9. The number of halogens is 1. The van der Waals surface area contributed by atoms with Gasteiger partial charge in [-0.3, -0.25) is 19.7 Å². The summed E-state index contributed by atoms with van der Waals surface area (Å²) in [5.41, 5.74) is 2.73. The molecule has 1 fully saturated rings. The van der Waals surface area contributed by atoms with E-state index < -0.39 is 17.8 Å². The number of imide groups is 1. The summed E-state index contributed by atoms with van der Waals surface area (Å²) >= 11 is 0. The van der Waals surface area contributed by atoms with E-state index in [2.05, 4.69) is 20.6 Å². The molecule has 32 heavy (non-hydrogen) atoms. The third-order valence-corrected chi connectivity index (χ3v) is 5.53. The molecule has 3 amide bonds. The molecular weight excluding hydrogens is 419 g/mol. The highest BCUT2D eigenvalue weighted by atomic mass is 19.1. The molecule has 1 saturated heterocycles. The van der Waals surface area contributed by atoms with Crippen molar-refractivity contribution in [2.24, 2.45) is 0 Å². The van der Waals surface area contributed by atoms with E-state index in [0.29, 0.717) is 29.1 Å². The maximum atomic E-state index is 13.6. The minimum Gasteiger partial charge on any atom is -0.479 e. The Morgan fingerprint density at radius 2 is 2.00 bits per heavy atom. The molecule has 0 saturated carbocycles. The van der Waals surface area contributed by atoms with E-state index in [1.165, 1.54) is 28.8 Å². The summed E-state index contributed by atoms with van der Waals surface area (Å²) in [5, 5.41) is 10.5. The molecule has 5 rings (SSSR count). The lowest BCUT2D eigenvalue weighted by atomic mass is 10.0. The largest absolute Gasteiger partial charge is 0.479 e. The van der Waals surface area contributed by atoms with Gasteiger partial charge in [-0.1, -0.05) is 5.21 Å². The lowest BCUT2D eigenvalue weighted by Gasteiger charge is -2.29. The third-order valence-electron chi connectivity index (χ3n) is 5.53. The average Bonchev–Trinajstić information content (AvgIpc) is 3.39. The van der Waals surface area contributed by atoms with Crippen LogP contribution in [0.4, 0.5) is 4.39 Å². The number of hydrogen-bond acceptors (Lipinski definition) is 7. The lowest BCUT2D eigenvalue weighted by molar-refractivity contribution is -0.136. The summed E-state index contributed by atoms with van der Waals surface area (Å²) in [6.45, 7) is 0.257. The van der Waals surface area contributed by atoms with Crippen molar-refractivity contribution in [2.75, 3.05) is 7.11 Å². The van der Waals surface area contributed by atoms with Crippen LogP contribution in [0, 0.1) is 5.82 Å². The molecule has 11 heteroatoms. The molecule has 0 bridgehead atoms. The molecule has 3 aromatic rings. The van der Waals surface area contributed by atoms with E-state index >= 15 is 0 Å². The maximum Gasteiger partial charge on any atom is 0.255 e. The normalized spacial score (nSPS) is 18.0. The number of nitrogens with one attached hydrogen (secondary N) is 1. The van der Waals surface area contributed by atoms with Crippen molar-refractivity contribution < 1.29 is 23.5 Å². The van der Waals surface area contributed by atoms with Gasteiger partial charge in [0.2, 0.25) is 11.8 Å². The average molecular weight is 436 g/mol. The number of pyridine rings is 1. The quantitative estimate of drug-likeness (QED) is 0.611. The number of rotatable bonds is 4. The minimum absolute atomic E-state index is 0.137. The maximum absolute atomic E-state index is 13.6. The van der Waals surface area contributed by atoms with E-state index in [-0.39, 0.29) is 30.7 Å². The molecule has 2 aromatic heterocycles. The van der Waals surface area contributed by atoms with Gasteiger partial charge in [0.05, 0.1) is 24.7 Å². The Balaban J connectivity index is 1.40. The van der Waals surface area contributed by atoms with Crippen LogP contribution in [-0.2, 0) is 16.1 Å². The Hall–Kier alpha value is -4.15. The number of carbonyl (C=O) groups excluding carboxylic acids is 3. The monoisotopic (exact) mass is 436 g/mol. The number of methoxy groups -OCH3 is 1. The second kappa shape index (κ2) is 7.52. The van der Waals surface area contributed by atoms with Gasteiger partial charge in [-0.25, -0.2) is 14.1 Å². The lowest BCUT2D eigenvalue weighted by Crippen LogP contribution is -2.52. The van der Waals surface area contributed by atoms with Crippen molar-refractivity contribution in [1.29, 1.82) is 0 Å². The molecule has 1 aromatic carbocycles. The fourth-order valence-corrected chi connectivity index (χ4v) is 3.92. The number of aromatic nitrogens is 4. The summed E-state index contributed by atoms with van der Waals surface area (Å²) in [6.07, 6.45) is 2.14. The predicted octanol–water partition coefficient (Wildman–Crippen LogP) is 1.24. The van der Waals surface area contributed by atoms with Gasteiger partial charge in [0.1, 0.15) is 11.7 Å². The van der Waals surface area contributed by atoms with Crippen LogP contribution in [0.15, 0.2) is 36.5 Å². The first-order valence-corrected chi connectivity index (χ1v) is 9.86. The van der Waals surface area contributed by atoms with Gasteiger partial charge in [-0.2, -0.15) is 0 Å².